The maximum absolute atomic E-state index is 4.70. The van der Waals surface area contributed by atoms with Gasteiger partial charge < -0.3 is 5.32 Å². The number of fused-ring (bicyclic) bond motifs is 2. The molecule has 1 aliphatic heterocycles. The van der Waals surface area contributed by atoms with E-state index in [1.54, 1.807) is 11.3 Å². The molecule has 0 atom stereocenters. The van der Waals surface area contributed by atoms with Gasteiger partial charge in [0.25, 0.3) is 0 Å². The number of aromatic nitrogens is 1. The van der Waals surface area contributed by atoms with Gasteiger partial charge in [-0.05, 0) is 35.7 Å². The third kappa shape index (κ3) is 2.00. The summed E-state index contributed by atoms with van der Waals surface area (Å²) in [6.45, 7) is 1.07. The number of thiazole rings is 1. The van der Waals surface area contributed by atoms with Gasteiger partial charge in [0.2, 0.25) is 0 Å². The van der Waals surface area contributed by atoms with E-state index >= 15 is 0 Å². The molecule has 0 aliphatic carbocycles. The van der Waals surface area contributed by atoms with Crippen LogP contribution in [0.15, 0.2) is 42.5 Å². The van der Waals surface area contributed by atoms with E-state index in [1.165, 1.54) is 26.5 Å². The highest BCUT2D eigenvalue weighted by molar-refractivity contribution is 7.18. The zero-order valence-electron chi connectivity index (χ0n) is 10.5. The first kappa shape index (κ1) is 11.0. The first-order chi connectivity index (χ1) is 9.38. The molecular formula is C16H14N2S. The Morgan fingerprint density at radius 3 is 3.05 bits per heavy atom. The van der Waals surface area contributed by atoms with Gasteiger partial charge in [0.1, 0.15) is 0 Å². The van der Waals surface area contributed by atoms with Crippen LogP contribution in [0.5, 0.6) is 0 Å². The molecule has 1 aromatic heterocycles. The summed E-state index contributed by atoms with van der Waals surface area (Å²) in [5.74, 6) is 0. The number of hydrogen-bond donors (Lipinski definition) is 1. The van der Waals surface area contributed by atoms with Crippen LogP contribution in [0.25, 0.3) is 10.2 Å². The van der Waals surface area contributed by atoms with Crippen LogP contribution in [0, 0.1) is 0 Å². The van der Waals surface area contributed by atoms with E-state index in [1.807, 2.05) is 6.07 Å². The number of hydrogen-bond acceptors (Lipinski definition) is 3. The van der Waals surface area contributed by atoms with Crippen molar-refractivity contribution < 1.29 is 0 Å². The number of anilines is 1. The molecule has 2 aromatic carbocycles. The number of para-hydroxylation sites is 1. The molecule has 1 aliphatic rings. The van der Waals surface area contributed by atoms with Crippen LogP contribution in [0.2, 0.25) is 0 Å². The topological polar surface area (TPSA) is 24.9 Å². The molecule has 3 heteroatoms. The Kier molecular flexibility index (Phi) is 2.52. The molecule has 0 spiro atoms. The van der Waals surface area contributed by atoms with Gasteiger partial charge >= 0.3 is 0 Å². The van der Waals surface area contributed by atoms with Crippen molar-refractivity contribution in [2.24, 2.45) is 0 Å². The van der Waals surface area contributed by atoms with Gasteiger partial charge in [-0.25, -0.2) is 4.98 Å². The van der Waals surface area contributed by atoms with Gasteiger partial charge in [-0.1, -0.05) is 24.3 Å². The van der Waals surface area contributed by atoms with E-state index in [-0.39, 0.29) is 0 Å². The minimum Gasteiger partial charge on any atom is -0.384 e. The molecule has 0 fully saturated rings. The minimum atomic E-state index is 0.937. The second-order valence-corrected chi connectivity index (χ2v) is 6.04. The van der Waals surface area contributed by atoms with Crippen LogP contribution in [0.4, 0.5) is 5.69 Å². The molecule has 4 rings (SSSR count). The predicted octanol–water partition coefficient (Wildman–Crippen LogP) is 3.86. The van der Waals surface area contributed by atoms with E-state index in [4.69, 9.17) is 4.98 Å². The summed E-state index contributed by atoms with van der Waals surface area (Å²) in [5, 5.41) is 4.60. The van der Waals surface area contributed by atoms with E-state index in [2.05, 4.69) is 41.7 Å². The van der Waals surface area contributed by atoms with Crippen molar-refractivity contribution >= 4 is 27.2 Å². The molecule has 2 nitrogen and oxygen atoms in total. The third-order valence-electron chi connectivity index (χ3n) is 3.57. The van der Waals surface area contributed by atoms with Crippen molar-refractivity contribution in [2.45, 2.75) is 12.8 Å². The lowest BCUT2D eigenvalue weighted by Gasteiger charge is -2.02. The highest BCUT2D eigenvalue weighted by Crippen LogP contribution is 2.27. The van der Waals surface area contributed by atoms with E-state index in [9.17, 15) is 0 Å². The highest BCUT2D eigenvalue weighted by atomic mass is 32.1. The Balaban J connectivity index is 1.67. The SMILES string of the molecule is c1ccc2sc(Cc3ccc4c(c3)CCN4)nc2c1. The molecular weight excluding hydrogens is 252 g/mol. The standard InChI is InChI=1S/C16H14N2S/c1-2-4-15-14(3-1)18-16(19-15)10-11-5-6-13-12(9-11)7-8-17-13/h1-6,9,17H,7-8,10H2. The molecule has 0 radical (unpaired) electrons. The maximum atomic E-state index is 4.70. The Labute approximate surface area is 116 Å². The first-order valence-corrected chi connectivity index (χ1v) is 7.40. The Bertz CT molecular complexity index is 712. The smallest absolute Gasteiger partial charge is 0.0982 e. The lowest BCUT2D eigenvalue weighted by molar-refractivity contribution is 1.09. The molecule has 19 heavy (non-hydrogen) atoms. The third-order valence-corrected chi connectivity index (χ3v) is 4.61. The molecule has 0 saturated heterocycles. The zero-order chi connectivity index (χ0) is 12.7. The molecule has 0 unspecified atom stereocenters. The van der Waals surface area contributed by atoms with Crippen LogP contribution >= 0.6 is 11.3 Å². The summed E-state index contributed by atoms with van der Waals surface area (Å²) in [6, 6.07) is 15.1. The van der Waals surface area contributed by atoms with Crippen molar-refractivity contribution in [3.63, 3.8) is 0 Å². The van der Waals surface area contributed by atoms with E-state index in [0.717, 1.165) is 24.9 Å². The van der Waals surface area contributed by atoms with Crippen molar-refractivity contribution in [3.05, 3.63) is 58.6 Å². The summed E-state index contributed by atoms with van der Waals surface area (Å²) < 4.78 is 1.28. The van der Waals surface area contributed by atoms with Crippen molar-refractivity contribution in [2.75, 3.05) is 11.9 Å². The molecule has 2 heterocycles. The van der Waals surface area contributed by atoms with Crippen LogP contribution in [-0.4, -0.2) is 11.5 Å². The van der Waals surface area contributed by atoms with Gasteiger partial charge in [-0.15, -0.1) is 11.3 Å². The Morgan fingerprint density at radius 2 is 2.11 bits per heavy atom. The van der Waals surface area contributed by atoms with Crippen molar-refractivity contribution in [1.82, 2.24) is 4.98 Å². The predicted molar refractivity (Wildman–Crippen MR) is 81.1 cm³/mol. The fourth-order valence-corrected chi connectivity index (χ4v) is 3.64. The van der Waals surface area contributed by atoms with Gasteiger partial charge in [-0.2, -0.15) is 0 Å². The Hall–Kier alpha value is -1.87. The summed E-state index contributed by atoms with van der Waals surface area (Å²) in [4.78, 5) is 4.70. The first-order valence-electron chi connectivity index (χ1n) is 6.59. The number of nitrogens with zero attached hydrogens (tertiary/aromatic N) is 1. The molecule has 0 bridgehead atoms. The van der Waals surface area contributed by atoms with E-state index in [0.29, 0.717) is 0 Å². The quantitative estimate of drug-likeness (QED) is 0.762. The second kappa shape index (κ2) is 4.35. The van der Waals surface area contributed by atoms with Crippen molar-refractivity contribution in [1.29, 1.82) is 0 Å². The molecule has 3 aromatic rings. The highest BCUT2D eigenvalue weighted by Gasteiger charge is 2.11. The number of nitrogens with one attached hydrogen (secondary N) is 1. The number of rotatable bonds is 2. The monoisotopic (exact) mass is 266 g/mol. The molecule has 0 amide bonds. The summed E-state index contributed by atoms with van der Waals surface area (Å²) in [5.41, 5.74) is 5.22. The van der Waals surface area contributed by atoms with Gasteiger partial charge in [-0.3, -0.25) is 0 Å². The zero-order valence-corrected chi connectivity index (χ0v) is 11.3. The molecule has 1 N–H and O–H groups in total. The van der Waals surface area contributed by atoms with Gasteiger partial charge in [0.15, 0.2) is 0 Å². The lowest BCUT2D eigenvalue weighted by Crippen LogP contribution is -1.90. The lowest BCUT2D eigenvalue weighted by atomic mass is 10.1. The van der Waals surface area contributed by atoms with Crippen LogP contribution in [0.1, 0.15) is 16.1 Å². The van der Waals surface area contributed by atoms with Gasteiger partial charge in [0.05, 0.1) is 15.2 Å². The van der Waals surface area contributed by atoms with Crippen LogP contribution < -0.4 is 5.32 Å². The van der Waals surface area contributed by atoms with Crippen molar-refractivity contribution in [3.8, 4) is 0 Å². The van der Waals surface area contributed by atoms with E-state index < -0.39 is 0 Å². The minimum absolute atomic E-state index is 0.937. The summed E-state index contributed by atoms with van der Waals surface area (Å²) >= 11 is 1.80. The largest absolute Gasteiger partial charge is 0.384 e. The fourth-order valence-electron chi connectivity index (χ4n) is 2.64. The second-order valence-electron chi connectivity index (χ2n) is 4.92. The normalized spacial score (nSPS) is 13.5. The fraction of sp³-hybridized carbons (Fsp3) is 0.188. The molecule has 0 saturated carbocycles. The van der Waals surface area contributed by atoms with Crippen LogP contribution in [-0.2, 0) is 12.8 Å². The maximum Gasteiger partial charge on any atom is 0.0982 e. The average molecular weight is 266 g/mol. The Morgan fingerprint density at radius 1 is 1.16 bits per heavy atom. The summed E-state index contributed by atoms with van der Waals surface area (Å²) in [7, 11) is 0. The summed E-state index contributed by atoms with van der Waals surface area (Å²) in [6.07, 6.45) is 2.08. The number of benzene rings is 2. The average Bonchev–Trinajstić information content (AvgIpc) is 3.03. The van der Waals surface area contributed by atoms with Gasteiger partial charge in [0, 0.05) is 18.7 Å². The molecule has 94 valence electrons. The van der Waals surface area contributed by atoms with Crippen LogP contribution in [0.3, 0.4) is 0 Å².